The van der Waals surface area contributed by atoms with Crippen LogP contribution in [0.15, 0.2) is 42.7 Å². The topological polar surface area (TPSA) is 37.8 Å². The summed E-state index contributed by atoms with van der Waals surface area (Å²) >= 11 is 0. The van der Waals surface area contributed by atoms with E-state index in [2.05, 4.69) is 22.2 Å². The zero-order chi connectivity index (χ0) is 11.2. The molecule has 0 atom stereocenters. The molecule has 0 aromatic carbocycles. The van der Waals surface area contributed by atoms with Crippen molar-refractivity contribution in [3.05, 3.63) is 42.7 Å². The van der Waals surface area contributed by atoms with E-state index in [4.69, 9.17) is 0 Å². The minimum atomic E-state index is 0.920. The molecule has 0 amide bonds. The molecule has 0 radical (unpaired) electrons. The van der Waals surface area contributed by atoms with Crippen molar-refractivity contribution < 1.29 is 0 Å². The van der Waals surface area contributed by atoms with Gasteiger partial charge in [0.05, 0.1) is 5.69 Å². The van der Waals surface area contributed by atoms with Crippen LogP contribution in [-0.4, -0.2) is 16.5 Å². The molecule has 0 fully saturated rings. The molecule has 0 saturated heterocycles. The molecule has 3 heteroatoms. The average molecular weight is 213 g/mol. The molecule has 0 aliphatic heterocycles. The molecule has 1 N–H and O–H groups in total. The highest BCUT2D eigenvalue weighted by Gasteiger charge is 1.99. The van der Waals surface area contributed by atoms with Crippen LogP contribution >= 0.6 is 0 Å². The number of nitrogens with one attached hydrogen (secondary N) is 1. The van der Waals surface area contributed by atoms with E-state index >= 15 is 0 Å². The number of rotatable bonds is 4. The Morgan fingerprint density at radius 2 is 2.12 bits per heavy atom. The first kappa shape index (κ1) is 10.6. The first-order valence-electron chi connectivity index (χ1n) is 5.51. The Hall–Kier alpha value is -1.90. The predicted molar refractivity (Wildman–Crippen MR) is 66.2 cm³/mol. The van der Waals surface area contributed by atoms with E-state index in [0.717, 1.165) is 30.0 Å². The van der Waals surface area contributed by atoms with Crippen LogP contribution in [0.3, 0.4) is 0 Å². The van der Waals surface area contributed by atoms with Crippen LogP contribution in [0.4, 0.5) is 5.82 Å². The molecule has 2 aromatic rings. The summed E-state index contributed by atoms with van der Waals surface area (Å²) in [5.74, 6) is 0.920. The van der Waals surface area contributed by atoms with Gasteiger partial charge in [0.1, 0.15) is 5.82 Å². The van der Waals surface area contributed by atoms with Gasteiger partial charge in [0.25, 0.3) is 0 Å². The molecule has 2 heterocycles. The average Bonchev–Trinajstić information content (AvgIpc) is 2.38. The summed E-state index contributed by atoms with van der Waals surface area (Å²) in [4.78, 5) is 8.62. The Balaban J connectivity index is 2.22. The minimum Gasteiger partial charge on any atom is -0.370 e. The largest absolute Gasteiger partial charge is 0.370 e. The molecular weight excluding hydrogens is 198 g/mol. The van der Waals surface area contributed by atoms with Gasteiger partial charge in [-0.25, -0.2) is 4.98 Å². The van der Waals surface area contributed by atoms with E-state index in [1.54, 1.807) is 6.20 Å². The fraction of sp³-hybridized carbons (Fsp3) is 0.231. The number of nitrogens with zero attached hydrogens (tertiary/aromatic N) is 2. The Bertz CT molecular complexity index is 440. The lowest BCUT2D eigenvalue weighted by molar-refractivity contribution is 0.970. The number of hydrogen-bond donors (Lipinski definition) is 1. The SMILES string of the molecule is CCCNc1cccc(-c2cccnc2)n1. The molecule has 0 aliphatic rings. The Labute approximate surface area is 95.6 Å². The summed E-state index contributed by atoms with van der Waals surface area (Å²) in [7, 11) is 0. The molecule has 0 saturated carbocycles. The van der Waals surface area contributed by atoms with E-state index in [9.17, 15) is 0 Å². The van der Waals surface area contributed by atoms with Crippen molar-refractivity contribution in [3.8, 4) is 11.3 Å². The maximum absolute atomic E-state index is 4.53. The summed E-state index contributed by atoms with van der Waals surface area (Å²) < 4.78 is 0. The zero-order valence-electron chi connectivity index (χ0n) is 9.35. The molecule has 0 bridgehead atoms. The smallest absolute Gasteiger partial charge is 0.126 e. The van der Waals surface area contributed by atoms with E-state index in [0.29, 0.717) is 0 Å². The van der Waals surface area contributed by atoms with Gasteiger partial charge in [-0.15, -0.1) is 0 Å². The lowest BCUT2D eigenvalue weighted by Crippen LogP contribution is -2.01. The zero-order valence-corrected chi connectivity index (χ0v) is 9.35. The van der Waals surface area contributed by atoms with E-state index < -0.39 is 0 Å². The summed E-state index contributed by atoms with van der Waals surface area (Å²) in [6.45, 7) is 3.08. The van der Waals surface area contributed by atoms with Gasteiger partial charge in [-0.1, -0.05) is 13.0 Å². The van der Waals surface area contributed by atoms with Crippen LogP contribution in [-0.2, 0) is 0 Å². The van der Waals surface area contributed by atoms with E-state index in [-0.39, 0.29) is 0 Å². The van der Waals surface area contributed by atoms with E-state index in [1.807, 2.05) is 36.5 Å². The van der Waals surface area contributed by atoms with Crippen LogP contribution in [0, 0.1) is 0 Å². The highest BCUT2D eigenvalue weighted by Crippen LogP contribution is 2.17. The minimum absolute atomic E-state index is 0.920. The molecular formula is C13H15N3. The van der Waals surface area contributed by atoms with Crippen molar-refractivity contribution in [1.29, 1.82) is 0 Å². The second kappa shape index (κ2) is 5.26. The lowest BCUT2D eigenvalue weighted by Gasteiger charge is -2.05. The standard InChI is InChI=1S/C13H15N3/c1-2-8-15-13-7-3-6-12(16-13)11-5-4-9-14-10-11/h3-7,9-10H,2,8H2,1H3,(H,15,16). The fourth-order valence-corrected chi connectivity index (χ4v) is 1.46. The van der Waals surface area contributed by atoms with Gasteiger partial charge in [-0.3, -0.25) is 4.98 Å². The first-order chi connectivity index (χ1) is 7.90. The predicted octanol–water partition coefficient (Wildman–Crippen LogP) is 2.97. The maximum atomic E-state index is 4.53. The number of anilines is 1. The van der Waals surface area contributed by atoms with Gasteiger partial charge < -0.3 is 5.32 Å². The maximum Gasteiger partial charge on any atom is 0.126 e. The van der Waals surface area contributed by atoms with Crippen molar-refractivity contribution in [2.45, 2.75) is 13.3 Å². The van der Waals surface area contributed by atoms with Crippen molar-refractivity contribution in [1.82, 2.24) is 9.97 Å². The quantitative estimate of drug-likeness (QED) is 0.848. The van der Waals surface area contributed by atoms with Crippen LogP contribution in [0.1, 0.15) is 13.3 Å². The van der Waals surface area contributed by atoms with Crippen molar-refractivity contribution >= 4 is 5.82 Å². The molecule has 3 nitrogen and oxygen atoms in total. The first-order valence-corrected chi connectivity index (χ1v) is 5.51. The number of pyridine rings is 2. The Morgan fingerprint density at radius 1 is 1.19 bits per heavy atom. The lowest BCUT2D eigenvalue weighted by atomic mass is 10.2. The number of hydrogen-bond acceptors (Lipinski definition) is 3. The normalized spacial score (nSPS) is 10.1. The molecule has 16 heavy (non-hydrogen) atoms. The van der Waals surface area contributed by atoms with Crippen molar-refractivity contribution in [2.75, 3.05) is 11.9 Å². The van der Waals surface area contributed by atoms with Crippen LogP contribution in [0.2, 0.25) is 0 Å². The van der Waals surface area contributed by atoms with Gasteiger partial charge in [0.2, 0.25) is 0 Å². The summed E-state index contributed by atoms with van der Waals surface area (Å²) in [6, 6.07) is 9.92. The molecule has 0 unspecified atom stereocenters. The van der Waals surface area contributed by atoms with Crippen LogP contribution in [0.25, 0.3) is 11.3 Å². The molecule has 0 spiro atoms. The third kappa shape index (κ3) is 2.57. The van der Waals surface area contributed by atoms with Gasteiger partial charge >= 0.3 is 0 Å². The summed E-state index contributed by atoms with van der Waals surface area (Å²) in [5, 5.41) is 3.27. The van der Waals surface area contributed by atoms with Gasteiger partial charge in [0, 0.05) is 24.5 Å². The fourth-order valence-electron chi connectivity index (χ4n) is 1.46. The third-order valence-corrected chi connectivity index (χ3v) is 2.26. The Morgan fingerprint density at radius 3 is 2.88 bits per heavy atom. The second-order valence-electron chi connectivity index (χ2n) is 3.58. The van der Waals surface area contributed by atoms with E-state index in [1.165, 1.54) is 0 Å². The second-order valence-corrected chi connectivity index (χ2v) is 3.58. The van der Waals surface area contributed by atoms with Crippen molar-refractivity contribution in [3.63, 3.8) is 0 Å². The Kier molecular flexibility index (Phi) is 3.49. The highest BCUT2D eigenvalue weighted by atomic mass is 15.0. The van der Waals surface area contributed by atoms with Gasteiger partial charge in [0.15, 0.2) is 0 Å². The number of aromatic nitrogens is 2. The molecule has 0 aliphatic carbocycles. The molecule has 2 rings (SSSR count). The van der Waals surface area contributed by atoms with Gasteiger partial charge in [-0.05, 0) is 30.7 Å². The van der Waals surface area contributed by atoms with Gasteiger partial charge in [-0.2, -0.15) is 0 Å². The van der Waals surface area contributed by atoms with Crippen LogP contribution < -0.4 is 5.32 Å². The summed E-state index contributed by atoms with van der Waals surface area (Å²) in [6.07, 6.45) is 4.69. The van der Waals surface area contributed by atoms with Crippen LogP contribution in [0.5, 0.6) is 0 Å². The molecule has 82 valence electrons. The third-order valence-electron chi connectivity index (χ3n) is 2.26. The molecule has 2 aromatic heterocycles. The summed E-state index contributed by atoms with van der Waals surface area (Å²) in [5.41, 5.74) is 2.00. The monoisotopic (exact) mass is 213 g/mol. The van der Waals surface area contributed by atoms with Crippen molar-refractivity contribution in [2.24, 2.45) is 0 Å². The highest BCUT2D eigenvalue weighted by molar-refractivity contribution is 5.59.